The molecule has 0 aliphatic rings. The van der Waals surface area contributed by atoms with Gasteiger partial charge in [-0.05, 0) is 38.5 Å². The van der Waals surface area contributed by atoms with Crippen molar-refractivity contribution in [1.82, 2.24) is 10.3 Å². The minimum Gasteiger partial charge on any atom is -0.462 e. The molecule has 0 spiro atoms. The summed E-state index contributed by atoms with van der Waals surface area (Å²) in [7, 11) is 1.46. The van der Waals surface area contributed by atoms with Gasteiger partial charge < -0.3 is 24.5 Å². The van der Waals surface area contributed by atoms with Crippen molar-refractivity contribution in [3.8, 4) is 10.8 Å². The zero-order chi connectivity index (χ0) is 24.1. The lowest BCUT2D eigenvalue weighted by atomic mass is 10.1. The molecule has 10 nitrogen and oxygen atoms in total. The summed E-state index contributed by atoms with van der Waals surface area (Å²) in [6.45, 7) is 4.46. The summed E-state index contributed by atoms with van der Waals surface area (Å²) >= 11 is 2.19. The Kier molecular flexibility index (Phi) is 7.61. The third-order valence-corrected chi connectivity index (χ3v) is 6.56. The van der Waals surface area contributed by atoms with Crippen LogP contribution in [0.1, 0.15) is 47.9 Å². The number of aromatic nitrogens is 1. The largest absolute Gasteiger partial charge is 0.462 e. The lowest BCUT2D eigenvalue weighted by molar-refractivity contribution is -0.119. The standard InChI is InChI=1S/C21H21N3O7S2/c1-5-29-20(27)14-10(2)16(17(26)22-4)33-19(14)23-13(25)9-31-21(28)15-11(3)32-18(24-15)12-7-6-8-30-12/h6-8H,5,9H2,1-4H3,(H,22,26)(H,23,25). The molecule has 3 heterocycles. The number of hydrogen-bond acceptors (Lipinski definition) is 10. The highest BCUT2D eigenvalue weighted by Crippen LogP contribution is 2.34. The van der Waals surface area contributed by atoms with Crippen molar-refractivity contribution in [3.63, 3.8) is 0 Å². The van der Waals surface area contributed by atoms with Crippen LogP contribution in [-0.2, 0) is 14.3 Å². The van der Waals surface area contributed by atoms with Crippen LogP contribution in [0.5, 0.6) is 0 Å². The molecule has 12 heteroatoms. The summed E-state index contributed by atoms with van der Waals surface area (Å²) in [5, 5.41) is 5.67. The first-order valence-corrected chi connectivity index (χ1v) is 11.4. The lowest BCUT2D eigenvalue weighted by Gasteiger charge is -2.07. The summed E-state index contributed by atoms with van der Waals surface area (Å²) in [5.74, 6) is -2.00. The Hall–Kier alpha value is -3.51. The van der Waals surface area contributed by atoms with Crippen molar-refractivity contribution in [2.75, 3.05) is 25.6 Å². The molecular formula is C21H21N3O7S2. The summed E-state index contributed by atoms with van der Waals surface area (Å²) in [6, 6.07) is 3.43. The molecule has 3 aromatic rings. The van der Waals surface area contributed by atoms with Gasteiger partial charge >= 0.3 is 11.9 Å². The maximum absolute atomic E-state index is 12.5. The van der Waals surface area contributed by atoms with E-state index in [4.69, 9.17) is 13.9 Å². The van der Waals surface area contributed by atoms with Crippen LogP contribution < -0.4 is 10.6 Å². The number of ether oxygens (including phenoxy) is 2. The molecule has 174 valence electrons. The van der Waals surface area contributed by atoms with E-state index in [0.29, 0.717) is 21.2 Å². The van der Waals surface area contributed by atoms with E-state index in [1.807, 2.05) is 0 Å². The average Bonchev–Trinajstić information content (AvgIpc) is 3.51. The number of thiazole rings is 1. The predicted molar refractivity (Wildman–Crippen MR) is 122 cm³/mol. The maximum atomic E-state index is 12.5. The fourth-order valence-corrected chi connectivity index (χ4v) is 4.86. The molecule has 0 aromatic carbocycles. The molecule has 33 heavy (non-hydrogen) atoms. The van der Waals surface area contributed by atoms with Crippen LogP contribution >= 0.6 is 22.7 Å². The van der Waals surface area contributed by atoms with Crippen molar-refractivity contribution in [2.24, 2.45) is 0 Å². The first-order valence-electron chi connectivity index (χ1n) is 9.77. The summed E-state index contributed by atoms with van der Waals surface area (Å²) < 4.78 is 15.4. The Morgan fingerprint density at radius 3 is 2.52 bits per heavy atom. The third kappa shape index (κ3) is 5.29. The average molecular weight is 492 g/mol. The molecule has 2 amide bonds. The van der Waals surface area contributed by atoms with Gasteiger partial charge in [-0.15, -0.1) is 22.7 Å². The molecule has 0 aliphatic heterocycles. The van der Waals surface area contributed by atoms with Gasteiger partial charge in [-0.1, -0.05) is 0 Å². The normalized spacial score (nSPS) is 10.5. The Labute approximate surface area is 196 Å². The fraction of sp³-hybridized carbons (Fsp3) is 0.286. The van der Waals surface area contributed by atoms with E-state index in [1.165, 1.54) is 24.6 Å². The zero-order valence-electron chi connectivity index (χ0n) is 18.3. The number of nitrogens with one attached hydrogen (secondary N) is 2. The predicted octanol–water partition coefficient (Wildman–Crippen LogP) is 3.41. The first-order chi connectivity index (χ1) is 15.8. The van der Waals surface area contributed by atoms with Crippen LogP contribution in [0.25, 0.3) is 10.8 Å². The van der Waals surface area contributed by atoms with E-state index in [0.717, 1.165) is 11.3 Å². The Morgan fingerprint density at radius 1 is 1.12 bits per heavy atom. The SMILES string of the molecule is CCOC(=O)c1c(NC(=O)COC(=O)c2nc(-c3ccco3)sc2C)sc(C(=O)NC)c1C. The van der Waals surface area contributed by atoms with Crippen LogP contribution in [-0.4, -0.2) is 49.0 Å². The number of esters is 2. The molecule has 0 radical (unpaired) electrons. The number of carbonyl (C=O) groups excluding carboxylic acids is 4. The summed E-state index contributed by atoms with van der Waals surface area (Å²) in [5.41, 5.74) is 0.549. The monoisotopic (exact) mass is 491 g/mol. The second kappa shape index (κ2) is 10.4. The third-order valence-electron chi connectivity index (χ3n) is 4.37. The molecule has 0 saturated carbocycles. The highest BCUT2D eigenvalue weighted by atomic mass is 32.1. The number of thiophene rings is 1. The number of carbonyl (C=O) groups is 4. The summed E-state index contributed by atoms with van der Waals surface area (Å²) in [4.78, 5) is 54.5. The van der Waals surface area contributed by atoms with Crippen LogP contribution in [0, 0.1) is 13.8 Å². The second-order valence-corrected chi connectivity index (χ2v) is 8.81. The van der Waals surface area contributed by atoms with E-state index in [-0.39, 0.29) is 27.7 Å². The number of furan rings is 1. The lowest BCUT2D eigenvalue weighted by Crippen LogP contribution is -2.22. The number of hydrogen-bond donors (Lipinski definition) is 2. The van der Waals surface area contributed by atoms with Gasteiger partial charge in [0.25, 0.3) is 11.8 Å². The van der Waals surface area contributed by atoms with E-state index in [2.05, 4.69) is 15.6 Å². The van der Waals surface area contributed by atoms with Crippen LogP contribution in [0.3, 0.4) is 0 Å². The molecule has 0 unspecified atom stereocenters. The molecule has 0 fully saturated rings. The molecule has 0 bridgehead atoms. The highest BCUT2D eigenvalue weighted by molar-refractivity contribution is 7.18. The number of anilines is 1. The number of nitrogens with zero attached hydrogens (tertiary/aromatic N) is 1. The Bertz CT molecular complexity index is 1200. The van der Waals surface area contributed by atoms with Gasteiger partial charge in [0.1, 0.15) is 5.00 Å². The second-order valence-electron chi connectivity index (χ2n) is 6.59. The maximum Gasteiger partial charge on any atom is 0.358 e. The van der Waals surface area contributed by atoms with Crippen LogP contribution in [0.2, 0.25) is 0 Å². The number of aryl methyl sites for hydroxylation is 1. The van der Waals surface area contributed by atoms with E-state index in [1.54, 1.807) is 32.9 Å². The van der Waals surface area contributed by atoms with Gasteiger partial charge in [-0.2, -0.15) is 0 Å². The molecular weight excluding hydrogens is 470 g/mol. The van der Waals surface area contributed by atoms with Crippen molar-refractivity contribution in [2.45, 2.75) is 20.8 Å². The Balaban J connectivity index is 1.71. The number of amides is 2. The zero-order valence-corrected chi connectivity index (χ0v) is 19.9. The van der Waals surface area contributed by atoms with Gasteiger partial charge in [-0.25, -0.2) is 14.6 Å². The minimum atomic E-state index is -0.768. The molecule has 0 saturated heterocycles. The van der Waals surface area contributed by atoms with Crippen molar-refractivity contribution in [3.05, 3.63) is 45.0 Å². The minimum absolute atomic E-state index is 0.0820. The Morgan fingerprint density at radius 2 is 1.88 bits per heavy atom. The van der Waals surface area contributed by atoms with Crippen LogP contribution in [0.15, 0.2) is 22.8 Å². The quantitative estimate of drug-likeness (QED) is 0.458. The van der Waals surface area contributed by atoms with Gasteiger partial charge in [-0.3, -0.25) is 9.59 Å². The van der Waals surface area contributed by atoms with Crippen molar-refractivity contribution in [1.29, 1.82) is 0 Å². The first kappa shape index (κ1) is 24.1. The van der Waals surface area contributed by atoms with Crippen molar-refractivity contribution >= 4 is 51.4 Å². The van der Waals surface area contributed by atoms with Gasteiger partial charge in [0, 0.05) is 11.9 Å². The van der Waals surface area contributed by atoms with Gasteiger partial charge in [0.2, 0.25) is 0 Å². The molecule has 0 aliphatic carbocycles. The smallest absolute Gasteiger partial charge is 0.358 e. The molecule has 3 aromatic heterocycles. The molecule has 3 rings (SSSR count). The van der Waals surface area contributed by atoms with Gasteiger partial charge in [0.05, 0.1) is 23.3 Å². The van der Waals surface area contributed by atoms with Crippen LogP contribution in [0.4, 0.5) is 5.00 Å². The fourth-order valence-electron chi connectivity index (χ4n) is 2.83. The summed E-state index contributed by atoms with van der Waals surface area (Å²) in [6.07, 6.45) is 1.50. The van der Waals surface area contributed by atoms with E-state index >= 15 is 0 Å². The molecule has 0 atom stereocenters. The molecule has 2 N–H and O–H groups in total. The van der Waals surface area contributed by atoms with E-state index in [9.17, 15) is 19.2 Å². The number of rotatable bonds is 8. The van der Waals surface area contributed by atoms with Crippen molar-refractivity contribution < 1.29 is 33.1 Å². The highest BCUT2D eigenvalue weighted by Gasteiger charge is 2.27. The van der Waals surface area contributed by atoms with E-state index < -0.39 is 30.4 Å². The topological polar surface area (TPSA) is 137 Å². The van der Waals surface area contributed by atoms with Gasteiger partial charge in [0.15, 0.2) is 23.1 Å².